The third-order valence-corrected chi connectivity index (χ3v) is 2.67. The van der Waals surface area contributed by atoms with Gasteiger partial charge in [-0.2, -0.15) is 0 Å². The van der Waals surface area contributed by atoms with Gasteiger partial charge in [-0.25, -0.2) is 0 Å². The smallest absolute Gasteiger partial charge is 0.277 e. The van der Waals surface area contributed by atoms with Crippen molar-refractivity contribution in [3.63, 3.8) is 0 Å². The van der Waals surface area contributed by atoms with Crippen LogP contribution >= 0.6 is 15.9 Å². The summed E-state index contributed by atoms with van der Waals surface area (Å²) in [5.74, 6) is 0.320. The van der Waals surface area contributed by atoms with Gasteiger partial charge < -0.3 is 9.84 Å². The summed E-state index contributed by atoms with van der Waals surface area (Å²) in [7, 11) is 0. The lowest BCUT2D eigenvalue weighted by molar-refractivity contribution is 0.101. The molecule has 0 saturated carbocycles. The highest BCUT2D eigenvalue weighted by Gasteiger charge is 2.11. The molecule has 1 aromatic carbocycles. The zero-order valence-corrected chi connectivity index (χ0v) is 10.1. The summed E-state index contributed by atoms with van der Waals surface area (Å²) >= 11 is 3.34. The van der Waals surface area contributed by atoms with Crippen molar-refractivity contribution in [3.05, 3.63) is 46.3 Å². The lowest BCUT2D eigenvalue weighted by Crippen LogP contribution is -2.12. The number of aryl methyl sites for hydroxylation is 1. The van der Waals surface area contributed by atoms with Gasteiger partial charge in [-0.05, 0) is 35.0 Å². The number of anilines is 1. The fourth-order valence-electron chi connectivity index (χ4n) is 1.22. The van der Waals surface area contributed by atoms with Crippen LogP contribution in [0.4, 0.5) is 5.69 Å². The number of nitrogens with one attached hydrogen (secondary N) is 1. The molecule has 0 unspecified atom stereocenters. The van der Waals surface area contributed by atoms with Gasteiger partial charge in [0.05, 0.1) is 5.69 Å². The molecule has 16 heavy (non-hydrogen) atoms. The minimum atomic E-state index is -0.288. The SMILES string of the molecule is Cc1cc(C(=O)Nc2ccccc2Br)no1. The van der Waals surface area contributed by atoms with Gasteiger partial charge in [0.25, 0.3) is 5.91 Å². The minimum absolute atomic E-state index is 0.272. The van der Waals surface area contributed by atoms with Crippen LogP contribution in [-0.2, 0) is 0 Å². The number of hydrogen-bond acceptors (Lipinski definition) is 3. The summed E-state index contributed by atoms with van der Waals surface area (Å²) in [4.78, 5) is 11.7. The highest BCUT2D eigenvalue weighted by Crippen LogP contribution is 2.21. The van der Waals surface area contributed by atoms with Crippen LogP contribution in [0.15, 0.2) is 39.3 Å². The Labute approximate surface area is 101 Å². The Bertz CT molecular complexity index is 522. The van der Waals surface area contributed by atoms with Gasteiger partial charge >= 0.3 is 0 Å². The Balaban J connectivity index is 2.17. The normalized spacial score (nSPS) is 10.1. The number of amides is 1. The van der Waals surface area contributed by atoms with Gasteiger partial charge in [-0.3, -0.25) is 4.79 Å². The van der Waals surface area contributed by atoms with E-state index < -0.39 is 0 Å². The number of aromatic nitrogens is 1. The fourth-order valence-corrected chi connectivity index (χ4v) is 1.61. The van der Waals surface area contributed by atoms with Gasteiger partial charge in [-0.15, -0.1) is 0 Å². The summed E-state index contributed by atoms with van der Waals surface area (Å²) in [5.41, 5.74) is 0.974. The second-order valence-corrected chi connectivity index (χ2v) is 4.11. The van der Waals surface area contributed by atoms with Crippen molar-refractivity contribution in [2.75, 3.05) is 5.32 Å². The summed E-state index contributed by atoms with van der Waals surface area (Å²) in [6.45, 7) is 1.74. The third kappa shape index (κ3) is 2.30. The molecule has 1 aromatic heterocycles. The van der Waals surface area contributed by atoms with Crippen molar-refractivity contribution >= 4 is 27.5 Å². The molecule has 1 amide bonds. The Hall–Kier alpha value is -1.62. The molecule has 0 radical (unpaired) electrons. The van der Waals surface area contributed by atoms with E-state index in [1.54, 1.807) is 19.1 Å². The van der Waals surface area contributed by atoms with Crippen LogP contribution < -0.4 is 5.32 Å². The number of halogens is 1. The standard InChI is InChI=1S/C11H9BrN2O2/c1-7-6-10(14-16-7)11(15)13-9-5-3-2-4-8(9)12/h2-6H,1H3,(H,13,15). The van der Waals surface area contributed by atoms with Crippen LogP contribution in [0.2, 0.25) is 0 Å². The zero-order chi connectivity index (χ0) is 11.5. The van der Waals surface area contributed by atoms with Crippen molar-refractivity contribution in [1.82, 2.24) is 5.16 Å². The van der Waals surface area contributed by atoms with Crippen molar-refractivity contribution < 1.29 is 9.32 Å². The average Bonchev–Trinajstić information content (AvgIpc) is 2.68. The van der Waals surface area contributed by atoms with E-state index in [9.17, 15) is 4.79 Å². The zero-order valence-electron chi connectivity index (χ0n) is 8.53. The highest BCUT2D eigenvalue weighted by molar-refractivity contribution is 9.10. The molecule has 82 valence electrons. The van der Waals surface area contributed by atoms with Crippen molar-refractivity contribution in [2.24, 2.45) is 0 Å². The number of benzene rings is 1. The van der Waals surface area contributed by atoms with Crippen LogP contribution in [0.25, 0.3) is 0 Å². The van der Waals surface area contributed by atoms with Crippen LogP contribution in [-0.4, -0.2) is 11.1 Å². The van der Waals surface area contributed by atoms with Crippen molar-refractivity contribution in [2.45, 2.75) is 6.92 Å². The maximum atomic E-state index is 11.7. The van der Waals surface area contributed by atoms with Gasteiger partial charge in [0.1, 0.15) is 5.76 Å². The molecule has 0 atom stereocenters. The molecule has 0 fully saturated rings. The number of nitrogens with zero attached hydrogens (tertiary/aromatic N) is 1. The topological polar surface area (TPSA) is 55.1 Å². The van der Waals surface area contributed by atoms with Gasteiger partial charge in [-0.1, -0.05) is 17.3 Å². The first-order valence-electron chi connectivity index (χ1n) is 4.66. The Morgan fingerprint density at radius 2 is 2.19 bits per heavy atom. The Morgan fingerprint density at radius 1 is 1.44 bits per heavy atom. The van der Waals surface area contributed by atoms with Gasteiger partial charge in [0, 0.05) is 10.5 Å². The molecule has 2 aromatic rings. The molecule has 0 spiro atoms. The van der Waals surface area contributed by atoms with Crippen LogP contribution in [0, 0.1) is 6.92 Å². The lowest BCUT2D eigenvalue weighted by Gasteiger charge is -2.04. The van der Waals surface area contributed by atoms with E-state index >= 15 is 0 Å². The van der Waals surface area contributed by atoms with E-state index in [2.05, 4.69) is 26.4 Å². The number of carbonyl (C=O) groups is 1. The monoisotopic (exact) mass is 280 g/mol. The predicted molar refractivity (Wildman–Crippen MR) is 63.3 cm³/mol. The van der Waals surface area contributed by atoms with E-state index in [0.717, 1.165) is 4.47 Å². The first-order chi connectivity index (χ1) is 7.66. The third-order valence-electron chi connectivity index (χ3n) is 1.98. The van der Waals surface area contributed by atoms with Crippen LogP contribution in [0.3, 0.4) is 0 Å². The molecule has 5 heteroatoms. The fraction of sp³-hybridized carbons (Fsp3) is 0.0909. The summed E-state index contributed by atoms with van der Waals surface area (Å²) in [6.07, 6.45) is 0. The molecular formula is C11H9BrN2O2. The van der Waals surface area contributed by atoms with Gasteiger partial charge in [0.2, 0.25) is 0 Å². The van der Waals surface area contributed by atoms with Crippen LogP contribution in [0.5, 0.6) is 0 Å². The quantitative estimate of drug-likeness (QED) is 0.920. The van der Waals surface area contributed by atoms with E-state index in [1.807, 2.05) is 18.2 Å². The summed E-state index contributed by atoms with van der Waals surface area (Å²) in [5, 5.41) is 6.37. The number of rotatable bonds is 2. The van der Waals surface area contributed by atoms with Crippen LogP contribution in [0.1, 0.15) is 16.2 Å². The lowest BCUT2D eigenvalue weighted by atomic mass is 10.3. The first-order valence-corrected chi connectivity index (χ1v) is 5.45. The molecule has 1 heterocycles. The number of carbonyl (C=O) groups excluding carboxylic acids is 1. The average molecular weight is 281 g/mol. The molecule has 2 rings (SSSR count). The Kier molecular flexibility index (Phi) is 3.05. The predicted octanol–water partition coefficient (Wildman–Crippen LogP) is 3.00. The number of para-hydroxylation sites is 1. The molecular weight excluding hydrogens is 272 g/mol. The number of hydrogen-bond donors (Lipinski definition) is 1. The van der Waals surface area contributed by atoms with E-state index in [-0.39, 0.29) is 11.6 Å². The Morgan fingerprint density at radius 3 is 2.81 bits per heavy atom. The van der Waals surface area contributed by atoms with Gasteiger partial charge in [0.15, 0.2) is 5.69 Å². The molecule has 0 bridgehead atoms. The summed E-state index contributed by atoms with van der Waals surface area (Å²) < 4.78 is 5.65. The molecule has 0 saturated heterocycles. The maximum Gasteiger partial charge on any atom is 0.277 e. The van der Waals surface area contributed by atoms with E-state index in [1.165, 1.54) is 0 Å². The molecule has 0 aliphatic heterocycles. The molecule has 1 N–H and O–H groups in total. The van der Waals surface area contributed by atoms with Crippen molar-refractivity contribution in [1.29, 1.82) is 0 Å². The second kappa shape index (κ2) is 4.49. The van der Waals surface area contributed by atoms with E-state index in [0.29, 0.717) is 11.4 Å². The maximum absolute atomic E-state index is 11.7. The van der Waals surface area contributed by atoms with E-state index in [4.69, 9.17) is 4.52 Å². The molecule has 0 aliphatic rings. The molecule has 4 nitrogen and oxygen atoms in total. The minimum Gasteiger partial charge on any atom is -0.361 e. The highest BCUT2D eigenvalue weighted by atomic mass is 79.9. The summed E-state index contributed by atoms with van der Waals surface area (Å²) in [6, 6.07) is 8.96. The molecule has 0 aliphatic carbocycles. The van der Waals surface area contributed by atoms with Crippen molar-refractivity contribution in [3.8, 4) is 0 Å². The second-order valence-electron chi connectivity index (χ2n) is 3.26. The first kappa shape index (κ1) is 10.9. The largest absolute Gasteiger partial charge is 0.361 e.